The van der Waals surface area contributed by atoms with Crippen LogP contribution in [0.2, 0.25) is 5.02 Å². The molecule has 0 radical (unpaired) electrons. The number of hydrogen-bond acceptors (Lipinski definition) is 8. The van der Waals surface area contributed by atoms with Crippen LogP contribution >= 0.6 is 11.6 Å². The molecule has 0 fully saturated rings. The van der Waals surface area contributed by atoms with E-state index in [9.17, 15) is 10.1 Å². The number of fused-ring (bicyclic) bond motifs is 1. The molecular weight excluding hydrogens is 526 g/mol. The van der Waals surface area contributed by atoms with Crippen LogP contribution in [0, 0.1) is 11.3 Å². The summed E-state index contributed by atoms with van der Waals surface area (Å²) in [4.78, 5) is 23.0. The second kappa shape index (κ2) is 13.6. The van der Waals surface area contributed by atoms with Crippen molar-refractivity contribution in [3.63, 3.8) is 0 Å². The van der Waals surface area contributed by atoms with Crippen LogP contribution in [0.25, 0.3) is 10.9 Å². The standard InChI is InChI=1S/C31H30ClN5O3/c1-4-39-30-17-28-26(15-21(30)14-25(38)9-7-13-37(2)3)31(22(18-33)19-35-28)36-23-10-11-29(27(32)16-23)40-20-24-8-5-6-12-34-24/h5-12,15-17,19H,4,13-14,20H2,1-3H3,(H,35,36)/b9-7+/i4D2,7D,20D2. The van der Waals surface area contributed by atoms with E-state index < -0.39 is 13.1 Å². The Morgan fingerprint density at radius 2 is 2.05 bits per heavy atom. The van der Waals surface area contributed by atoms with E-state index in [2.05, 4.69) is 21.4 Å². The zero-order valence-electron chi connectivity index (χ0n) is 27.2. The minimum absolute atomic E-state index is 0.0745. The van der Waals surface area contributed by atoms with Crippen LogP contribution in [-0.2, 0) is 17.8 Å². The zero-order chi connectivity index (χ0) is 32.9. The molecule has 2 aromatic heterocycles. The van der Waals surface area contributed by atoms with Gasteiger partial charge in [-0.05, 0) is 63.5 Å². The Hall–Kier alpha value is -4.45. The molecule has 9 heteroatoms. The number of benzene rings is 2. The number of nitriles is 1. The molecule has 0 spiro atoms. The van der Waals surface area contributed by atoms with E-state index in [1.54, 1.807) is 43.3 Å². The lowest BCUT2D eigenvalue weighted by Gasteiger charge is -2.16. The van der Waals surface area contributed by atoms with E-state index in [1.807, 2.05) is 0 Å². The molecule has 40 heavy (non-hydrogen) atoms. The molecule has 0 unspecified atom stereocenters. The van der Waals surface area contributed by atoms with Crippen molar-refractivity contribution < 1.29 is 21.1 Å². The summed E-state index contributed by atoms with van der Waals surface area (Å²) >= 11 is 6.48. The minimum atomic E-state index is -2.25. The van der Waals surface area contributed by atoms with Crippen molar-refractivity contribution in [3.8, 4) is 17.6 Å². The third-order valence-corrected chi connectivity index (χ3v) is 5.84. The Kier molecular flexibility index (Phi) is 7.59. The van der Waals surface area contributed by atoms with E-state index in [4.69, 9.17) is 27.9 Å². The fraction of sp³-hybridized carbons (Fsp3) is 0.226. The monoisotopic (exact) mass is 560 g/mol. The lowest BCUT2D eigenvalue weighted by molar-refractivity contribution is -0.114. The first-order chi connectivity index (χ1) is 21.1. The molecule has 0 aliphatic heterocycles. The largest absolute Gasteiger partial charge is 0.494 e. The number of pyridine rings is 2. The third kappa shape index (κ3) is 7.35. The summed E-state index contributed by atoms with van der Waals surface area (Å²) in [6, 6.07) is 14.7. The van der Waals surface area contributed by atoms with Gasteiger partial charge in [0, 0.05) is 48.1 Å². The fourth-order valence-electron chi connectivity index (χ4n) is 3.74. The Morgan fingerprint density at radius 3 is 2.75 bits per heavy atom. The van der Waals surface area contributed by atoms with Crippen molar-refractivity contribution in [3.05, 3.63) is 94.9 Å². The highest BCUT2D eigenvalue weighted by molar-refractivity contribution is 6.32. The van der Waals surface area contributed by atoms with Gasteiger partial charge >= 0.3 is 0 Å². The molecule has 0 bridgehead atoms. The third-order valence-electron chi connectivity index (χ3n) is 5.55. The van der Waals surface area contributed by atoms with Gasteiger partial charge in [0.25, 0.3) is 0 Å². The van der Waals surface area contributed by atoms with Crippen LogP contribution in [0.1, 0.15) is 30.6 Å². The van der Waals surface area contributed by atoms with Crippen molar-refractivity contribution >= 4 is 39.7 Å². The number of halogens is 1. The Balaban J connectivity index is 1.72. The quantitative estimate of drug-likeness (QED) is 0.207. The first-order valence-electron chi connectivity index (χ1n) is 14.7. The molecule has 8 nitrogen and oxygen atoms in total. The average Bonchev–Trinajstić information content (AvgIpc) is 2.94. The van der Waals surface area contributed by atoms with Crippen LogP contribution in [-0.4, -0.2) is 47.9 Å². The molecule has 0 saturated heterocycles. The molecule has 0 amide bonds. The maximum atomic E-state index is 12.9. The van der Waals surface area contributed by atoms with E-state index in [1.165, 1.54) is 49.7 Å². The van der Waals surface area contributed by atoms with Crippen molar-refractivity contribution in [1.82, 2.24) is 14.9 Å². The predicted octanol–water partition coefficient (Wildman–Crippen LogP) is 6.11. The van der Waals surface area contributed by atoms with Gasteiger partial charge in [-0.1, -0.05) is 23.7 Å². The fourth-order valence-corrected chi connectivity index (χ4v) is 3.96. The summed E-state index contributed by atoms with van der Waals surface area (Å²) in [6.45, 7) is -2.81. The van der Waals surface area contributed by atoms with Gasteiger partial charge in [-0.15, -0.1) is 0 Å². The molecule has 4 rings (SSSR count). The number of aromatic nitrogens is 2. The summed E-state index contributed by atoms with van der Waals surface area (Å²) in [5, 5.41) is 13.6. The maximum Gasteiger partial charge on any atom is 0.159 e. The van der Waals surface area contributed by atoms with E-state index in [-0.39, 0.29) is 52.6 Å². The van der Waals surface area contributed by atoms with Gasteiger partial charge in [0.2, 0.25) is 0 Å². The molecule has 0 aliphatic rings. The van der Waals surface area contributed by atoms with Crippen molar-refractivity contribution in [1.29, 1.82) is 5.26 Å². The van der Waals surface area contributed by atoms with Gasteiger partial charge < -0.3 is 19.7 Å². The van der Waals surface area contributed by atoms with Gasteiger partial charge in [-0.3, -0.25) is 14.8 Å². The highest BCUT2D eigenvalue weighted by Gasteiger charge is 2.16. The number of likely N-dealkylation sites (N-methyl/N-ethyl adjacent to an activating group) is 1. The predicted molar refractivity (Wildman–Crippen MR) is 157 cm³/mol. The van der Waals surface area contributed by atoms with Crippen LogP contribution in [0.4, 0.5) is 11.4 Å². The average molecular weight is 561 g/mol. The highest BCUT2D eigenvalue weighted by Crippen LogP contribution is 2.36. The molecule has 2 aromatic carbocycles. The van der Waals surface area contributed by atoms with E-state index in [0.717, 1.165) is 0 Å². The number of hydrogen-bond donors (Lipinski definition) is 1. The molecule has 4 aromatic rings. The Bertz CT molecular complexity index is 1790. The molecule has 0 saturated carbocycles. The first-order valence-corrected chi connectivity index (χ1v) is 12.6. The van der Waals surface area contributed by atoms with E-state index >= 15 is 0 Å². The maximum absolute atomic E-state index is 12.9. The number of anilines is 2. The number of allylic oxidation sites excluding steroid dienone is 1. The second-order valence-corrected chi connectivity index (χ2v) is 9.27. The topological polar surface area (TPSA) is 100 Å². The first kappa shape index (κ1) is 22.4. The molecule has 1 N–H and O–H groups in total. The Morgan fingerprint density at radius 1 is 1.20 bits per heavy atom. The highest BCUT2D eigenvalue weighted by atomic mass is 35.5. The lowest BCUT2D eigenvalue weighted by Crippen LogP contribution is -2.11. The van der Waals surface area contributed by atoms with Gasteiger partial charge in [0.05, 0.1) is 40.9 Å². The number of carbonyl (C=O) groups excluding carboxylic acids is 1. The van der Waals surface area contributed by atoms with Crippen LogP contribution in [0.15, 0.2) is 73.1 Å². The molecule has 204 valence electrons. The Labute approximate surface area is 245 Å². The molecule has 0 aliphatic carbocycles. The SMILES string of the molecule is [2H]/C(=C\C(=O)Cc1cc2c(Nc3ccc(OC([2H])([2H])c4ccccn4)c(Cl)c3)c(C#N)cnc2cc1OC([2H])([2H])C)CN(C)C. The van der Waals surface area contributed by atoms with Gasteiger partial charge in [-0.2, -0.15) is 5.26 Å². The summed E-state index contributed by atoms with van der Waals surface area (Å²) < 4.78 is 51.6. The summed E-state index contributed by atoms with van der Waals surface area (Å²) in [5.41, 5.74) is 1.76. The van der Waals surface area contributed by atoms with Crippen molar-refractivity contribution in [2.24, 2.45) is 0 Å². The number of carbonyl (C=O) groups is 1. The minimum Gasteiger partial charge on any atom is -0.494 e. The van der Waals surface area contributed by atoms with E-state index in [0.29, 0.717) is 27.8 Å². The number of rotatable bonds is 12. The number of nitrogens with one attached hydrogen (secondary N) is 1. The van der Waals surface area contributed by atoms with Crippen LogP contribution in [0.3, 0.4) is 0 Å². The summed E-state index contributed by atoms with van der Waals surface area (Å²) in [5.74, 6) is -0.203. The van der Waals surface area contributed by atoms with Crippen molar-refractivity contribution in [2.45, 2.75) is 19.9 Å². The number of ether oxygens (including phenoxy) is 2. The van der Waals surface area contributed by atoms with Gasteiger partial charge in [0.15, 0.2) is 5.78 Å². The smallest absolute Gasteiger partial charge is 0.159 e. The van der Waals surface area contributed by atoms with Gasteiger partial charge in [0.1, 0.15) is 24.1 Å². The molecule has 0 atom stereocenters. The number of nitrogens with zero attached hydrogens (tertiary/aromatic N) is 4. The second-order valence-electron chi connectivity index (χ2n) is 8.86. The summed E-state index contributed by atoms with van der Waals surface area (Å²) in [6.07, 6.45) is 3.85. The number of ketones is 1. The molecular formula is C31H30ClN5O3. The van der Waals surface area contributed by atoms with Crippen LogP contribution < -0.4 is 14.8 Å². The van der Waals surface area contributed by atoms with Gasteiger partial charge in [-0.25, -0.2) is 0 Å². The normalized spacial score (nSPS) is 13.9. The van der Waals surface area contributed by atoms with Crippen molar-refractivity contribution in [2.75, 3.05) is 32.5 Å². The summed E-state index contributed by atoms with van der Waals surface area (Å²) in [7, 11) is 3.57. The molecule has 2 heterocycles. The van der Waals surface area contributed by atoms with Crippen LogP contribution in [0.5, 0.6) is 11.5 Å². The zero-order valence-corrected chi connectivity index (χ0v) is 22.9. The lowest BCUT2D eigenvalue weighted by atomic mass is 10.0.